The van der Waals surface area contributed by atoms with E-state index < -0.39 is 5.82 Å². The first-order valence-electron chi connectivity index (χ1n) is 8.21. The van der Waals surface area contributed by atoms with E-state index in [2.05, 4.69) is 31.5 Å². The van der Waals surface area contributed by atoms with Crippen molar-refractivity contribution >= 4 is 27.6 Å². The number of pyridine rings is 1. The molecule has 0 atom stereocenters. The maximum atomic E-state index is 13.7. The Hall–Kier alpha value is -2.93. The van der Waals surface area contributed by atoms with Crippen LogP contribution in [-0.2, 0) is 13.2 Å². The number of halogens is 2. The summed E-state index contributed by atoms with van der Waals surface area (Å²) in [5.41, 5.74) is 2.42. The number of amides is 2. The van der Waals surface area contributed by atoms with Crippen molar-refractivity contribution in [1.29, 1.82) is 0 Å². The topological polar surface area (TPSA) is 63.2 Å². The molecule has 0 fully saturated rings. The molecule has 27 heavy (non-hydrogen) atoms. The van der Waals surface area contributed by atoms with Crippen molar-refractivity contribution in [3.8, 4) is 5.75 Å². The summed E-state index contributed by atoms with van der Waals surface area (Å²) in [7, 11) is 0. The molecule has 0 aliphatic heterocycles. The highest BCUT2D eigenvalue weighted by atomic mass is 79.9. The van der Waals surface area contributed by atoms with Crippen LogP contribution in [0.15, 0.2) is 71.5 Å². The van der Waals surface area contributed by atoms with E-state index in [0.717, 1.165) is 11.1 Å². The number of carbonyl (C=O) groups is 1. The molecule has 0 aliphatic carbocycles. The van der Waals surface area contributed by atoms with Gasteiger partial charge in [0.2, 0.25) is 0 Å². The second-order valence-corrected chi connectivity index (χ2v) is 6.56. The molecule has 7 heteroatoms. The molecule has 0 aliphatic rings. The van der Waals surface area contributed by atoms with Crippen LogP contribution in [0, 0.1) is 5.82 Å². The van der Waals surface area contributed by atoms with E-state index in [1.165, 1.54) is 6.07 Å². The Kier molecular flexibility index (Phi) is 6.38. The van der Waals surface area contributed by atoms with Crippen LogP contribution in [0.2, 0.25) is 0 Å². The molecule has 1 heterocycles. The van der Waals surface area contributed by atoms with Gasteiger partial charge in [0.1, 0.15) is 6.61 Å². The van der Waals surface area contributed by atoms with E-state index in [1.807, 2.05) is 24.3 Å². The Balaban J connectivity index is 1.50. The molecule has 3 aromatic rings. The fourth-order valence-electron chi connectivity index (χ4n) is 2.32. The van der Waals surface area contributed by atoms with Gasteiger partial charge < -0.3 is 15.4 Å². The minimum Gasteiger partial charge on any atom is -0.485 e. The fraction of sp³-hybridized carbons (Fsp3) is 0.100. The smallest absolute Gasteiger partial charge is 0.319 e. The lowest BCUT2D eigenvalue weighted by molar-refractivity contribution is 0.251. The van der Waals surface area contributed by atoms with E-state index in [9.17, 15) is 9.18 Å². The number of nitrogens with one attached hydrogen (secondary N) is 2. The lowest BCUT2D eigenvalue weighted by Crippen LogP contribution is -2.28. The van der Waals surface area contributed by atoms with E-state index in [4.69, 9.17) is 4.74 Å². The molecule has 1 aromatic heterocycles. The summed E-state index contributed by atoms with van der Waals surface area (Å²) in [5, 5.41) is 5.51. The number of hydrogen-bond acceptors (Lipinski definition) is 3. The molecule has 0 spiro atoms. The molecule has 5 nitrogen and oxygen atoms in total. The Morgan fingerprint density at radius 2 is 1.89 bits per heavy atom. The minimum atomic E-state index is -0.423. The quantitative estimate of drug-likeness (QED) is 0.586. The van der Waals surface area contributed by atoms with E-state index in [0.29, 0.717) is 16.7 Å². The van der Waals surface area contributed by atoms with Gasteiger partial charge in [0, 0.05) is 24.6 Å². The zero-order valence-electron chi connectivity index (χ0n) is 14.3. The summed E-state index contributed by atoms with van der Waals surface area (Å²) in [4.78, 5) is 15.9. The van der Waals surface area contributed by atoms with Gasteiger partial charge in [-0.1, -0.05) is 24.3 Å². The minimum absolute atomic E-state index is 0.175. The van der Waals surface area contributed by atoms with Gasteiger partial charge >= 0.3 is 6.03 Å². The van der Waals surface area contributed by atoms with E-state index >= 15 is 0 Å². The van der Waals surface area contributed by atoms with Gasteiger partial charge in [-0.15, -0.1) is 0 Å². The number of rotatable bonds is 6. The maximum Gasteiger partial charge on any atom is 0.319 e. The molecule has 0 saturated heterocycles. The molecule has 138 valence electrons. The Bertz CT molecular complexity index is 885. The van der Waals surface area contributed by atoms with Gasteiger partial charge in [0.15, 0.2) is 11.6 Å². The highest BCUT2D eigenvalue weighted by molar-refractivity contribution is 9.10. The molecule has 2 amide bonds. The number of urea groups is 1. The van der Waals surface area contributed by atoms with Crippen molar-refractivity contribution < 1.29 is 13.9 Å². The molecule has 2 aromatic carbocycles. The number of benzene rings is 2. The van der Waals surface area contributed by atoms with E-state index in [-0.39, 0.29) is 18.4 Å². The summed E-state index contributed by atoms with van der Waals surface area (Å²) in [6.07, 6.45) is 3.38. The fourth-order valence-corrected chi connectivity index (χ4v) is 2.78. The SMILES string of the molecule is O=C(NCc1cccnc1)Nc1ccc(COc2c(F)cccc2Br)cc1. The van der Waals surface area contributed by atoms with Crippen LogP contribution in [0.25, 0.3) is 0 Å². The van der Waals surface area contributed by atoms with Crippen molar-refractivity contribution in [3.63, 3.8) is 0 Å². The average molecular weight is 430 g/mol. The number of carbonyl (C=O) groups excluding carboxylic acids is 1. The normalized spacial score (nSPS) is 10.3. The van der Waals surface area contributed by atoms with Gasteiger partial charge in [0.05, 0.1) is 4.47 Å². The number of aromatic nitrogens is 1. The van der Waals surface area contributed by atoms with Crippen molar-refractivity contribution in [3.05, 3.63) is 88.4 Å². The monoisotopic (exact) mass is 429 g/mol. The van der Waals surface area contributed by atoms with Crippen molar-refractivity contribution in [2.75, 3.05) is 5.32 Å². The van der Waals surface area contributed by atoms with Crippen LogP contribution in [0.5, 0.6) is 5.75 Å². The number of nitrogens with zero attached hydrogens (tertiary/aromatic N) is 1. The molecule has 0 bridgehead atoms. The van der Waals surface area contributed by atoms with Crippen LogP contribution in [0.1, 0.15) is 11.1 Å². The Labute approximate surface area is 164 Å². The second kappa shape index (κ2) is 9.14. The molecule has 3 rings (SSSR count). The van der Waals surface area contributed by atoms with Gasteiger partial charge in [-0.3, -0.25) is 4.98 Å². The number of hydrogen-bond donors (Lipinski definition) is 2. The first kappa shape index (κ1) is 18.8. The summed E-state index contributed by atoms with van der Waals surface area (Å²) >= 11 is 3.27. The summed E-state index contributed by atoms with van der Waals surface area (Å²) < 4.78 is 19.8. The molecule has 0 unspecified atom stereocenters. The maximum absolute atomic E-state index is 13.7. The lowest BCUT2D eigenvalue weighted by atomic mass is 10.2. The highest BCUT2D eigenvalue weighted by Gasteiger charge is 2.08. The zero-order chi connectivity index (χ0) is 19.1. The number of ether oxygens (including phenoxy) is 1. The predicted octanol–water partition coefficient (Wildman–Crippen LogP) is 4.88. The molecule has 0 saturated carbocycles. The first-order valence-corrected chi connectivity index (χ1v) is 9.00. The van der Waals surface area contributed by atoms with Crippen LogP contribution >= 0.6 is 15.9 Å². The van der Waals surface area contributed by atoms with Crippen LogP contribution < -0.4 is 15.4 Å². The van der Waals surface area contributed by atoms with Crippen LogP contribution in [-0.4, -0.2) is 11.0 Å². The van der Waals surface area contributed by atoms with Crippen LogP contribution in [0.4, 0.5) is 14.9 Å². The summed E-state index contributed by atoms with van der Waals surface area (Å²) in [6, 6.07) is 15.2. The van der Waals surface area contributed by atoms with Crippen molar-refractivity contribution in [2.24, 2.45) is 0 Å². The first-order chi connectivity index (χ1) is 13.1. The van der Waals surface area contributed by atoms with Gasteiger partial charge in [-0.05, 0) is 57.4 Å². The molecule has 2 N–H and O–H groups in total. The third kappa shape index (κ3) is 5.52. The molecular formula is C20H17BrFN3O2. The Morgan fingerprint density at radius 3 is 2.59 bits per heavy atom. The zero-order valence-corrected chi connectivity index (χ0v) is 15.9. The third-order valence-corrected chi connectivity index (χ3v) is 4.31. The number of para-hydroxylation sites is 1. The van der Waals surface area contributed by atoms with Gasteiger partial charge in [-0.2, -0.15) is 0 Å². The largest absolute Gasteiger partial charge is 0.485 e. The predicted molar refractivity (Wildman–Crippen MR) is 105 cm³/mol. The summed E-state index contributed by atoms with van der Waals surface area (Å²) in [6.45, 7) is 0.607. The Morgan fingerprint density at radius 1 is 1.07 bits per heavy atom. The van der Waals surface area contributed by atoms with Gasteiger partial charge in [0.25, 0.3) is 0 Å². The molecule has 0 radical (unpaired) electrons. The average Bonchev–Trinajstić information content (AvgIpc) is 2.68. The standard InChI is InChI=1S/C20H17BrFN3O2/c21-17-4-1-5-18(22)19(17)27-13-14-6-8-16(9-7-14)25-20(26)24-12-15-3-2-10-23-11-15/h1-11H,12-13H2,(H2,24,25,26). The third-order valence-electron chi connectivity index (χ3n) is 3.69. The second-order valence-electron chi connectivity index (χ2n) is 5.71. The number of anilines is 1. The summed E-state index contributed by atoms with van der Waals surface area (Å²) in [5.74, 6) is -0.248. The van der Waals surface area contributed by atoms with Crippen LogP contribution in [0.3, 0.4) is 0 Å². The highest BCUT2D eigenvalue weighted by Crippen LogP contribution is 2.28. The van der Waals surface area contributed by atoms with E-state index in [1.54, 1.807) is 36.7 Å². The van der Waals surface area contributed by atoms with Crippen molar-refractivity contribution in [2.45, 2.75) is 13.2 Å². The molecular weight excluding hydrogens is 413 g/mol. The lowest BCUT2D eigenvalue weighted by Gasteiger charge is -2.10. The van der Waals surface area contributed by atoms with Crippen molar-refractivity contribution in [1.82, 2.24) is 10.3 Å². The van der Waals surface area contributed by atoms with Gasteiger partial charge in [-0.25, -0.2) is 9.18 Å².